The molecule has 1 aliphatic rings. The van der Waals surface area contributed by atoms with Crippen molar-refractivity contribution >= 4 is 28.6 Å². The maximum Gasteiger partial charge on any atom is 0.412 e. The van der Waals surface area contributed by atoms with E-state index in [1.807, 2.05) is 0 Å². The van der Waals surface area contributed by atoms with E-state index in [0.29, 0.717) is 29.4 Å². The predicted molar refractivity (Wildman–Crippen MR) is 106 cm³/mol. The predicted octanol–water partition coefficient (Wildman–Crippen LogP) is 3.70. The zero-order chi connectivity index (χ0) is 20.9. The monoisotopic (exact) mass is 422 g/mol. The average molecular weight is 422 g/mol. The van der Waals surface area contributed by atoms with Gasteiger partial charge in [0.1, 0.15) is 5.82 Å². The zero-order valence-electron chi connectivity index (χ0n) is 16.2. The van der Waals surface area contributed by atoms with Crippen LogP contribution in [0.15, 0.2) is 29.6 Å². The van der Waals surface area contributed by atoms with E-state index >= 15 is 0 Å². The van der Waals surface area contributed by atoms with Crippen molar-refractivity contribution in [2.45, 2.75) is 38.6 Å². The van der Waals surface area contributed by atoms with Gasteiger partial charge in [-0.1, -0.05) is 12.1 Å². The van der Waals surface area contributed by atoms with Gasteiger partial charge in [0.25, 0.3) is 0 Å². The standard InChI is InChI=1S/C19H23FN4O4S/c1-19(7-4-8-27-19)28-18(26)24(2)11-15-12-29-17(22-15)23-16(25)21-10-13-5-3-6-14(20)9-13/h3,5-6,9,12H,4,7-8,10-11H2,1-2H3,(H2,21,22,23,25). The maximum absolute atomic E-state index is 13.2. The second-order valence-electron chi connectivity index (χ2n) is 6.89. The average Bonchev–Trinajstić information content (AvgIpc) is 3.29. The summed E-state index contributed by atoms with van der Waals surface area (Å²) in [6.07, 6.45) is 1.03. The molecule has 1 unspecified atom stereocenters. The first-order valence-electron chi connectivity index (χ1n) is 9.15. The molecule has 3 amide bonds. The minimum absolute atomic E-state index is 0.192. The Morgan fingerprint density at radius 1 is 1.45 bits per heavy atom. The number of benzene rings is 1. The fourth-order valence-corrected chi connectivity index (χ4v) is 3.51. The van der Waals surface area contributed by atoms with Crippen molar-refractivity contribution in [3.05, 3.63) is 46.7 Å². The number of hydrogen-bond acceptors (Lipinski definition) is 6. The maximum atomic E-state index is 13.2. The largest absolute Gasteiger partial charge is 0.417 e. The molecule has 2 aromatic rings. The Hall–Kier alpha value is -2.72. The van der Waals surface area contributed by atoms with Gasteiger partial charge in [-0.25, -0.2) is 19.0 Å². The molecule has 2 N–H and O–H groups in total. The Bertz CT molecular complexity index is 869. The summed E-state index contributed by atoms with van der Waals surface area (Å²) in [5.41, 5.74) is 1.27. The third-order valence-electron chi connectivity index (χ3n) is 4.31. The van der Waals surface area contributed by atoms with E-state index in [-0.39, 0.29) is 18.9 Å². The molecule has 29 heavy (non-hydrogen) atoms. The number of nitrogens with one attached hydrogen (secondary N) is 2. The molecule has 0 radical (unpaired) electrons. The molecule has 1 saturated heterocycles. The number of halogens is 1. The quantitative estimate of drug-likeness (QED) is 0.741. The molecule has 1 atom stereocenters. The van der Waals surface area contributed by atoms with Crippen LogP contribution in [0.2, 0.25) is 0 Å². The van der Waals surface area contributed by atoms with Gasteiger partial charge in [-0.15, -0.1) is 11.3 Å². The van der Waals surface area contributed by atoms with Crippen LogP contribution in [0.3, 0.4) is 0 Å². The topological polar surface area (TPSA) is 92.8 Å². The Labute approximate surface area is 172 Å². The van der Waals surface area contributed by atoms with Crippen LogP contribution in [-0.2, 0) is 22.6 Å². The minimum Gasteiger partial charge on any atom is -0.417 e. The van der Waals surface area contributed by atoms with Crippen LogP contribution in [-0.4, -0.2) is 41.4 Å². The first-order valence-corrected chi connectivity index (χ1v) is 10.0. The van der Waals surface area contributed by atoms with Gasteiger partial charge in [-0.2, -0.15) is 0 Å². The number of carbonyl (C=O) groups excluding carboxylic acids is 2. The summed E-state index contributed by atoms with van der Waals surface area (Å²) < 4.78 is 24.0. The van der Waals surface area contributed by atoms with E-state index in [4.69, 9.17) is 9.47 Å². The second-order valence-corrected chi connectivity index (χ2v) is 7.75. The van der Waals surface area contributed by atoms with Crippen molar-refractivity contribution < 1.29 is 23.5 Å². The molecule has 1 aliphatic heterocycles. The number of rotatable bonds is 6. The highest BCUT2D eigenvalue weighted by atomic mass is 32.1. The van der Waals surface area contributed by atoms with Crippen molar-refractivity contribution in [2.24, 2.45) is 0 Å². The third kappa shape index (κ3) is 6.13. The lowest BCUT2D eigenvalue weighted by Gasteiger charge is -2.26. The van der Waals surface area contributed by atoms with Crippen molar-refractivity contribution in [1.29, 1.82) is 0 Å². The van der Waals surface area contributed by atoms with Gasteiger partial charge >= 0.3 is 12.1 Å². The highest BCUT2D eigenvalue weighted by molar-refractivity contribution is 7.13. The summed E-state index contributed by atoms with van der Waals surface area (Å²) in [5, 5.41) is 7.41. The van der Waals surface area contributed by atoms with E-state index in [1.54, 1.807) is 31.5 Å². The molecule has 0 spiro atoms. The van der Waals surface area contributed by atoms with Crippen LogP contribution in [0.4, 0.5) is 19.1 Å². The summed E-state index contributed by atoms with van der Waals surface area (Å²) in [5.74, 6) is -1.23. The number of thiazole rings is 1. The van der Waals surface area contributed by atoms with Gasteiger partial charge < -0.3 is 19.7 Å². The van der Waals surface area contributed by atoms with Crippen LogP contribution >= 0.6 is 11.3 Å². The number of urea groups is 1. The first-order chi connectivity index (χ1) is 13.8. The van der Waals surface area contributed by atoms with Gasteiger partial charge in [0.05, 0.1) is 18.8 Å². The van der Waals surface area contributed by atoms with E-state index in [9.17, 15) is 14.0 Å². The molecular formula is C19H23FN4O4S. The Kier molecular flexibility index (Phi) is 6.65. The van der Waals surface area contributed by atoms with E-state index in [1.165, 1.54) is 28.4 Å². The van der Waals surface area contributed by atoms with Crippen molar-refractivity contribution in [3.63, 3.8) is 0 Å². The normalized spacial score (nSPS) is 18.3. The molecule has 156 valence electrons. The Balaban J connectivity index is 1.45. The van der Waals surface area contributed by atoms with Crippen LogP contribution in [0.25, 0.3) is 0 Å². The number of aromatic nitrogens is 1. The number of carbonyl (C=O) groups is 2. The fourth-order valence-electron chi connectivity index (χ4n) is 2.81. The zero-order valence-corrected chi connectivity index (χ0v) is 17.1. The van der Waals surface area contributed by atoms with Gasteiger partial charge in [0, 0.05) is 32.3 Å². The third-order valence-corrected chi connectivity index (χ3v) is 5.12. The number of anilines is 1. The van der Waals surface area contributed by atoms with Crippen molar-refractivity contribution in [1.82, 2.24) is 15.2 Å². The van der Waals surface area contributed by atoms with E-state index < -0.39 is 17.9 Å². The summed E-state index contributed by atoms with van der Waals surface area (Å²) in [6.45, 7) is 2.75. The minimum atomic E-state index is -0.875. The molecule has 8 nitrogen and oxygen atoms in total. The lowest BCUT2D eigenvalue weighted by Crippen LogP contribution is -2.37. The Morgan fingerprint density at radius 3 is 3.00 bits per heavy atom. The van der Waals surface area contributed by atoms with Gasteiger partial charge in [0.2, 0.25) is 5.79 Å². The molecule has 2 heterocycles. The van der Waals surface area contributed by atoms with Gasteiger partial charge in [-0.3, -0.25) is 5.32 Å². The molecule has 1 aromatic carbocycles. The highest BCUT2D eigenvalue weighted by Crippen LogP contribution is 2.27. The van der Waals surface area contributed by atoms with Crippen LogP contribution < -0.4 is 10.6 Å². The summed E-state index contributed by atoms with van der Waals surface area (Å²) in [6, 6.07) is 5.55. The van der Waals surface area contributed by atoms with Crippen LogP contribution in [0, 0.1) is 5.82 Å². The molecular weight excluding hydrogens is 399 g/mol. The first kappa shape index (κ1) is 21.0. The van der Waals surface area contributed by atoms with Crippen molar-refractivity contribution in [2.75, 3.05) is 19.0 Å². The molecule has 1 fully saturated rings. The molecule has 3 rings (SSSR count). The second kappa shape index (κ2) is 9.19. The summed E-state index contributed by atoms with van der Waals surface area (Å²) >= 11 is 1.24. The van der Waals surface area contributed by atoms with E-state index in [2.05, 4.69) is 15.6 Å². The SMILES string of the molecule is CN(Cc1csc(NC(=O)NCc2cccc(F)c2)n1)C(=O)OC1(C)CCCO1. The van der Waals surface area contributed by atoms with Crippen LogP contribution in [0.5, 0.6) is 0 Å². The molecule has 1 aromatic heterocycles. The summed E-state index contributed by atoms with van der Waals surface area (Å²) in [7, 11) is 1.61. The number of ether oxygens (including phenoxy) is 2. The molecule has 10 heteroatoms. The molecule has 0 aliphatic carbocycles. The number of amides is 3. The highest BCUT2D eigenvalue weighted by Gasteiger charge is 2.35. The smallest absolute Gasteiger partial charge is 0.412 e. The van der Waals surface area contributed by atoms with Gasteiger partial charge in [0.15, 0.2) is 5.13 Å². The summed E-state index contributed by atoms with van der Waals surface area (Å²) in [4.78, 5) is 29.9. The molecule has 0 bridgehead atoms. The van der Waals surface area contributed by atoms with Gasteiger partial charge in [-0.05, 0) is 24.1 Å². The lowest BCUT2D eigenvalue weighted by atomic mass is 10.2. The van der Waals surface area contributed by atoms with Crippen LogP contribution in [0.1, 0.15) is 31.0 Å². The fraction of sp³-hybridized carbons (Fsp3) is 0.421. The number of nitrogens with zero attached hydrogens (tertiary/aromatic N) is 2. The van der Waals surface area contributed by atoms with Crippen molar-refractivity contribution in [3.8, 4) is 0 Å². The van der Waals surface area contributed by atoms with E-state index in [0.717, 1.165) is 6.42 Å². The Morgan fingerprint density at radius 2 is 2.28 bits per heavy atom. The molecule has 0 saturated carbocycles. The number of hydrogen-bond donors (Lipinski definition) is 2. The lowest BCUT2D eigenvalue weighted by molar-refractivity contribution is -0.163.